The number of benzene rings is 3. The fourth-order valence-electron chi connectivity index (χ4n) is 5.05. The van der Waals surface area contributed by atoms with Crippen molar-refractivity contribution < 1.29 is 19.4 Å². The van der Waals surface area contributed by atoms with E-state index in [4.69, 9.17) is 9.47 Å². The van der Waals surface area contributed by atoms with E-state index in [1.807, 2.05) is 73.3 Å². The number of nitrogens with one attached hydrogen (secondary N) is 1. The van der Waals surface area contributed by atoms with E-state index in [2.05, 4.69) is 16.8 Å². The second-order valence-electron chi connectivity index (χ2n) is 9.17. The van der Waals surface area contributed by atoms with E-state index in [9.17, 15) is 9.90 Å². The molecule has 1 aliphatic rings. The first-order valence-corrected chi connectivity index (χ1v) is 12.1. The zero-order valence-electron chi connectivity index (χ0n) is 21.1. The normalized spacial score (nSPS) is 14.5. The second kappa shape index (κ2) is 9.85. The number of amides is 1. The summed E-state index contributed by atoms with van der Waals surface area (Å²) < 4.78 is 11.4. The minimum absolute atomic E-state index is 0.130. The molecule has 1 aliphatic heterocycles. The molecule has 1 atom stereocenters. The maximum Gasteiger partial charge on any atom is 0.273 e. The van der Waals surface area contributed by atoms with Crippen LogP contribution in [0.2, 0.25) is 0 Å². The number of ether oxygens (including phenoxy) is 2. The number of carbonyl (C=O) groups excluding carboxylic acids is 1. The van der Waals surface area contributed by atoms with E-state index in [1.165, 1.54) is 0 Å². The van der Waals surface area contributed by atoms with Crippen molar-refractivity contribution in [3.63, 3.8) is 0 Å². The number of fused-ring (bicyclic) bond motifs is 1. The predicted octanol–water partition coefficient (Wildman–Crippen LogP) is 5.72. The van der Waals surface area contributed by atoms with Gasteiger partial charge in [0.2, 0.25) is 0 Å². The third-order valence-corrected chi connectivity index (χ3v) is 6.62. The molecule has 0 aliphatic carbocycles. The lowest BCUT2D eigenvalue weighted by Gasteiger charge is -2.27. The summed E-state index contributed by atoms with van der Waals surface area (Å²) in [7, 11) is 1.59. The van der Waals surface area contributed by atoms with Gasteiger partial charge in [0.15, 0.2) is 11.5 Å². The Morgan fingerprint density at radius 3 is 2.59 bits per heavy atom. The zero-order chi connectivity index (χ0) is 26.1. The summed E-state index contributed by atoms with van der Waals surface area (Å²) in [5, 5.41) is 18.4. The molecule has 1 unspecified atom stereocenters. The molecule has 1 amide bonds. The standard InChI is InChI=1S/C30H29N3O4/c1-5-13-37-23-12-11-21(16-24(23)36-4)29-26-27(25-19(3)14-18(2)15-22(25)34)31-32-28(26)30(35)33(29)17-20-9-7-6-8-10-20/h5-12,14-16,29,34H,1,13,17H2,2-4H3,(H,31,32). The van der Waals surface area contributed by atoms with Gasteiger partial charge < -0.3 is 19.5 Å². The third kappa shape index (κ3) is 4.33. The van der Waals surface area contributed by atoms with Crippen LogP contribution in [0.5, 0.6) is 17.2 Å². The van der Waals surface area contributed by atoms with Crippen LogP contribution in [0, 0.1) is 13.8 Å². The zero-order valence-corrected chi connectivity index (χ0v) is 21.1. The van der Waals surface area contributed by atoms with E-state index in [0.29, 0.717) is 41.6 Å². The molecule has 7 nitrogen and oxygen atoms in total. The summed E-state index contributed by atoms with van der Waals surface area (Å²) >= 11 is 0. The first-order valence-electron chi connectivity index (χ1n) is 12.1. The fraction of sp³-hybridized carbons (Fsp3) is 0.200. The van der Waals surface area contributed by atoms with Crippen LogP contribution >= 0.6 is 0 Å². The van der Waals surface area contributed by atoms with Gasteiger partial charge in [0.05, 0.1) is 13.2 Å². The number of aromatic nitrogens is 2. The van der Waals surface area contributed by atoms with Crippen molar-refractivity contribution in [3.05, 3.63) is 107 Å². The Labute approximate surface area is 216 Å². The van der Waals surface area contributed by atoms with Gasteiger partial charge in [0, 0.05) is 17.7 Å². The number of aromatic hydroxyl groups is 1. The molecule has 188 valence electrons. The Kier molecular flexibility index (Phi) is 6.44. The first kappa shape index (κ1) is 24.2. The summed E-state index contributed by atoms with van der Waals surface area (Å²) in [6, 6.07) is 18.8. The molecular weight excluding hydrogens is 466 g/mol. The van der Waals surface area contributed by atoms with E-state index in [1.54, 1.807) is 19.3 Å². The van der Waals surface area contributed by atoms with Gasteiger partial charge in [-0.2, -0.15) is 5.10 Å². The second-order valence-corrected chi connectivity index (χ2v) is 9.17. The summed E-state index contributed by atoms with van der Waals surface area (Å²) in [4.78, 5) is 15.6. The average molecular weight is 496 g/mol. The Morgan fingerprint density at radius 2 is 1.89 bits per heavy atom. The number of nitrogens with zero attached hydrogens (tertiary/aromatic N) is 2. The van der Waals surface area contributed by atoms with Crippen LogP contribution in [-0.4, -0.2) is 39.8 Å². The molecular formula is C30H29N3O4. The minimum atomic E-state index is -0.459. The van der Waals surface area contributed by atoms with E-state index < -0.39 is 6.04 Å². The smallest absolute Gasteiger partial charge is 0.273 e. The Bertz CT molecular complexity index is 1450. The van der Waals surface area contributed by atoms with Gasteiger partial charge in [-0.05, 0) is 54.3 Å². The van der Waals surface area contributed by atoms with E-state index in [-0.39, 0.29) is 11.7 Å². The predicted molar refractivity (Wildman–Crippen MR) is 142 cm³/mol. The maximum atomic E-state index is 13.7. The van der Waals surface area contributed by atoms with Gasteiger partial charge in [0.1, 0.15) is 23.7 Å². The molecule has 3 aromatic carbocycles. The highest BCUT2D eigenvalue weighted by molar-refractivity contribution is 6.00. The summed E-state index contributed by atoms with van der Waals surface area (Å²) in [6.45, 7) is 8.33. The average Bonchev–Trinajstić information content (AvgIpc) is 3.42. The number of rotatable bonds is 8. The lowest BCUT2D eigenvalue weighted by Crippen LogP contribution is -2.29. The highest BCUT2D eigenvalue weighted by Gasteiger charge is 2.43. The van der Waals surface area contributed by atoms with Crippen LogP contribution in [0.15, 0.2) is 73.3 Å². The van der Waals surface area contributed by atoms with Crippen LogP contribution in [0.3, 0.4) is 0 Å². The lowest BCUT2D eigenvalue weighted by molar-refractivity contribution is 0.0730. The van der Waals surface area contributed by atoms with Gasteiger partial charge >= 0.3 is 0 Å². The molecule has 2 heterocycles. The largest absolute Gasteiger partial charge is 0.507 e. The summed E-state index contributed by atoms with van der Waals surface area (Å²) in [5.74, 6) is 1.12. The summed E-state index contributed by atoms with van der Waals surface area (Å²) in [5.41, 5.74) is 6.00. The van der Waals surface area contributed by atoms with Crippen LogP contribution in [0.1, 0.15) is 44.3 Å². The molecule has 0 radical (unpaired) electrons. The molecule has 37 heavy (non-hydrogen) atoms. The molecule has 7 heteroatoms. The van der Waals surface area contributed by atoms with Crippen molar-refractivity contribution in [1.82, 2.24) is 15.1 Å². The number of H-pyrrole nitrogens is 1. The minimum Gasteiger partial charge on any atom is -0.507 e. The molecule has 0 fully saturated rings. The molecule has 0 spiro atoms. The molecule has 2 N–H and O–H groups in total. The van der Waals surface area contributed by atoms with Crippen molar-refractivity contribution in [2.45, 2.75) is 26.4 Å². The molecule has 0 saturated heterocycles. The Hall–Kier alpha value is -4.52. The first-order chi connectivity index (χ1) is 17.9. The number of aromatic amines is 1. The van der Waals surface area contributed by atoms with Gasteiger partial charge in [-0.1, -0.05) is 55.1 Å². The number of phenols is 1. The molecule has 4 aromatic rings. The topological polar surface area (TPSA) is 87.7 Å². The summed E-state index contributed by atoms with van der Waals surface area (Å²) in [6.07, 6.45) is 1.67. The quantitative estimate of drug-likeness (QED) is 0.305. The van der Waals surface area contributed by atoms with Crippen molar-refractivity contribution in [2.24, 2.45) is 0 Å². The van der Waals surface area contributed by atoms with Crippen molar-refractivity contribution >= 4 is 5.91 Å². The van der Waals surface area contributed by atoms with Crippen molar-refractivity contribution in [3.8, 4) is 28.5 Å². The van der Waals surface area contributed by atoms with Crippen LogP contribution in [0.4, 0.5) is 0 Å². The van der Waals surface area contributed by atoms with Crippen LogP contribution in [-0.2, 0) is 6.54 Å². The highest BCUT2D eigenvalue weighted by atomic mass is 16.5. The third-order valence-electron chi connectivity index (χ3n) is 6.62. The molecule has 0 saturated carbocycles. The van der Waals surface area contributed by atoms with Crippen LogP contribution in [0.25, 0.3) is 11.3 Å². The number of hydrogen-bond acceptors (Lipinski definition) is 5. The van der Waals surface area contributed by atoms with Crippen molar-refractivity contribution in [1.29, 1.82) is 0 Å². The molecule has 1 aromatic heterocycles. The molecule has 5 rings (SSSR count). The number of carbonyl (C=O) groups is 1. The van der Waals surface area contributed by atoms with Crippen LogP contribution < -0.4 is 9.47 Å². The lowest BCUT2D eigenvalue weighted by atomic mass is 9.93. The van der Waals surface area contributed by atoms with Crippen molar-refractivity contribution in [2.75, 3.05) is 13.7 Å². The van der Waals surface area contributed by atoms with E-state index >= 15 is 0 Å². The van der Waals surface area contributed by atoms with Gasteiger partial charge in [-0.3, -0.25) is 9.89 Å². The number of phenolic OH excluding ortho intramolecular Hbond substituents is 1. The highest BCUT2D eigenvalue weighted by Crippen LogP contribution is 2.47. The Morgan fingerprint density at radius 1 is 1.11 bits per heavy atom. The van der Waals surface area contributed by atoms with E-state index in [0.717, 1.165) is 27.8 Å². The maximum absolute atomic E-state index is 13.7. The SMILES string of the molecule is C=CCOc1ccc(C2c3c(-c4c(C)cc(C)cc4O)n[nH]c3C(=O)N2Cc2ccccc2)cc1OC. The number of aryl methyl sites for hydroxylation is 2. The fourth-order valence-corrected chi connectivity index (χ4v) is 5.05. The number of methoxy groups -OCH3 is 1. The van der Waals surface area contributed by atoms with Gasteiger partial charge in [-0.25, -0.2) is 0 Å². The van der Waals surface area contributed by atoms with Gasteiger partial charge in [0.25, 0.3) is 5.91 Å². The molecule has 0 bridgehead atoms. The Balaban J connectivity index is 1.68. The van der Waals surface area contributed by atoms with Gasteiger partial charge in [-0.15, -0.1) is 0 Å². The number of hydrogen-bond donors (Lipinski definition) is 2. The monoisotopic (exact) mass is 495 g/mol.